The highest BCUT2D eigenvalue weighted by Crippen LogP contribution is 2.24. The molecule has 0 fully saturated rings. The molecule has 0 aliphatic heterocycles. The van der Waals surface area contributed by atoms with E-state index < -0.39 is 0 Å². The molecule has 0 unspecified atom stereocenters. The molecule has 0 saturated heterocycles. The van der Waals surface area contributed by atoms with Gasteiger partial charge in [0.15, 0.2) is 5.78 Å². The van der Waals surface area contributed by atoms with E-state index >= 15 is 0 Å². The first-order chi connectivity index (χ1) is 9.08. The molecule has 0 amide bonds. The Morgan fingerprint density at radius 1 is 1.26 bits per heavy atom. The third kappa shape index (κ3) is 2.98. The number of phenolic OH excluding ortho intramolecular Hbond substituents is 1. The lowest BCUT2D eigenvalue weighted by atomic mass is 10.1. The van der Waals surface area contributed by atoms with Crippen LogP contribution in [0.15, 0.2) is 47.5 Å². The van der Waals surface area contributed by atoms with Crippen LogP contribution in [0.5, 0.6) is 5.75 Å². The summed E-state index contributed by atoms with van der Waals surface area (Å²) in [5, 5.41) is 9.61. The van der Waals surface area contributed by atoms with Gasteiger partial charge in [-0.05, 0) is 37.3 Å². The SMILES string of the molecule is CC(=O)c1ccc(N=Cc2ccccc2O)c(N)c1. The van der Waals surface area contributed by atoms with Gasteiger partial charge in [0.25, 0.3) is 0 Å². The molecule has 0 saturated carbocycles. The quantitative estimate of drug-likeness (QED) is 0.502. The van der Waals surface area contributed by atoms with E-state index in [1.54, 1.807) is 36.4 Å². The lowest BCUT2D eigenvalue weighted by Crippen LogP contribution is -1.94. The lowest BCUT2D eigenvalue weighted by molar-refractivity contribution is 0.101. The average Bonchev–Trinajstić information content (AvgIpc) is 2.39. The minimum Gasteiger partial charge on any atom is -0.507 e. The van der Waals surface area contributed by atoms with Gasteiger partial charge >= 0.3 is 0 Å². The second-order valence-electron chi connectivity index (χ2n) is 4.15. The van der Waals surface area contributed by atoms with Crippen molar-refractivity contribution in [1.29, 1.82) is 0 Å². The van der Waals surface area contributed by atoms with Gasteiger partial charge in [-0.2, -0.15) is 0 Å². The number of ketones is 1. The second kappa shape index (κ2) is 5.35. The van der Waals surface area contributed by atoms with Crippen molar-refractivity contribution < 1.29 is 9.90 Å². The maximum absolute atomic E-state index is 11.2. The number of nitrogen functional groups attached to an aromatic ring is 1. The van der Waals surface area contributed by atoms with Crippen LogP contribution in [0, 0.1) is 0 Å². The fourth-order valence-electron chi connectivity index (χ4n) is 1.63. The van der Waals surface area contributed by atoms with Crippen molar-refractivity contribution in [1.82, 2.24) is 0 Å². The molecule has 96 valence electrons. The molecule has 0 heterocycles. The first kappa shape index (κ1) is 12.8. The number of carbonyl (C=O) groups excluding carboxylic acids is 1. The molecule has 0 radical (unpaired) electrons. The molecule has 19 heavy (non-hydrogen) atoms. The summed E-state index contributed by atoms with van der Waals surface area (Å²) in [6.07, 6.45) is 1.54. The van der Waals surface area contributed by atoms with Crippen LogP contribution in [0.4, 0.5) is 11.4 Å². The van der Waals surface area contributed by atoms with Crippen LogP contribution in [0.25, 0.3) is 0 Å². The number of para-hydroxylation sites is 1. The van der Waals surface area contributed by atoms with E-state index in [9.17, 15) is 9.90 Å². The fraction of sp³-hybridized carbons (Fsp3) is 0.0667. The van der Waals surface area contributed by atoms with E-state index in [0.717, 1.165) is 0 Å². The number of hydrogen-bond acceptors (Lipinski definition) is 4. The van der Waals surface area contributed by atoms with Crippen molar-refractivity contribution in [3.05, 3.63) is 53.6 Å². The number of hydrogen-bond donors (Lipinski definition) is 2. The number of carbonyl (C=O) groups is 1. The minimum atomic E-state index is -0.0390. The number of aromatic hydroxyl groups is 1. The first-order valence-corrected chi connectivity index (χ1v) is 5.80. The molecule has 0 aliphatic rings. The fourth-order valence-corrected chi connectivity index (χ4v) is 1.63. The molecule has 0 atom stereocenters. The van der Waals surface area contributed by atoms with Crippen LogP contribution in [0.3, 0.4) is 0 Å². The van der Waals surface area contributed by atoms with Crippen molar-refractivity contribution >= 4 is 23.4 Å². The molecule has 0 bridgehead atoms. The zero-order valence-corrected chi connectivity index (χ0v) is 10.5. The topological polar surface area (TPSA) is 75.7 Å². The highest BCUT2D eigenvalue weighted by Gasteiger charge is 2.03. The first-order valence-electron chi connectivity index (χ1n) is 5.80. The molecule has 2 aromatic carbocycles. The number of nitrogens with zero attached hydrogens (tertiary/aromatic N) is 1. The van der Waals surface area contributed by atoms with Crippen molar-refractivity contribution in [3.63, 3.8) is 0 Å². The Labute approximate surface area is 111 Å². The monoisotopic (exact) mass is 254 g/mol. The van der Waals surface area contributed by atoms with Crippen molar-refractivity contribution in [2.45, 2.75) is 6.92 Å². The van der Waals surface area contributed by atoms with E-state index in [0.29, 0.717) is 22.5 Å². The third-order valence-electron chi connectivity index (χ3n) is 2.71. The maximum Gasteiger partial charge on any atom is 0.159 e. The molecule has 0 spiro atoms. The molecular formula is C15H14N2O2. The Morgan fingerprint density at radius 3 is 2.63 bits per heavy atom. The van der Waals surface area contributed by atoms with Crippen molar-refractivity contribution in [3.8, 4) is 5.75 Å². The zero-order valence-electron chi connectivity index (χ0n) is 10.5. The number of phenols is 1. The smallest absolute Gasteiger partial charge is 0.159 e. The molecule has 2 rings (SSSR count). The number of rotatable bonds is 3. The van der Waals surface area contributed by atoms with E-state index in [-0.39, 0.29) is 11.5 Å². The highest BCUT2D eigenvalue weighted by molar-refractivity contribution is 5.96. The zero-order chi connectivity index (χ0) is 13.8. The van der Waals surface area contributed by atoms with E-state index in [1.165, 1.54) is 13.1 Å². The highest BCUT2D eigenvalue weighted by atomic mass is 16.3. The summed E-state index contributed by atoms with van der Waals surface area (Å²) >= 11 is 0. The second-order valence-corrected chi connectivity index (χ2v) is 4.15. The summed E-state index contributed by atoms with van der Waals surface area (Å²) in [6, 6.07) is 11.8. The van der Waals surface area contributed by atoms with Crippen LogP contribution >= 0.6 is 0 Å². The Bertz CT molecular complexity index is 648. The molecule has 0 aliphatic carbocycles. The van der Waals surface area contributed by atoms with Crippen LogP contribution in [0.2, 0.25) is 0 Å². The third-order valence-corrected chi connectivity index (χ3v) is 2.71. The summed E-state index contributed by atoms with van der Waals surface area (Å²) in [7, 11) is 0. The lowest BCUT2D eigenvalue weighted by Gasteiger charge is -2.02. The van der Waals surface area contributed by atoms with Gasteiger partial charge < -0.3 is 10.8 Å². The summed E-state index contributed by atoms with van der Waals surface area (Å²) in [6.45, 7) is 1.49. The van der Waals surface area contributed by atoms with Gasteiger partial charge in [0.2, 0.25) is 0 Å². The van der Waals surface area contributed by atoms with E-state index in [4.69, 9.17) is 5.73 Å². The maximum atomic E-state index is 11.2. The van der Waals surface area contributed by atoms with E-state index in [2.05, 4.69) is 4.99 Å². The van der Waals surface area contributed by atoms with Crippen LogP contribution < -0.4 is 5.73 Å². The molecule has 0 aromatic heterocycles. The number of Topliss-reactive ketones (excluding diaryl/α,β-unsaturated/α-hetero) is 1. The van der Waals surface area contributed by atoms with Crippen molar-refractivity contribution in [2.24, 2.45) is 4.99 Å². The predicted octanol–water partition coefficient (Wildman–Crippen LogP) is 2.93. The summed E-state index contributed by atoms with van der Waals surface area (Å²) < 4.78 is 0. The van der Waals surface area contributed by atoms with Crippen LogP contribution in [-0.2, 0) is 0 Å². The Hall–Kier alpha value is -2.62. The standard InChI is InChI=1S/C15H14N2O2/c1-10(18)11-6-7-14(13(16)8-11)17-9-12-4-2-3-5-15(12)19/h2-9,19H,16H2,1H3. The molecular weight excluding hydrogens is 240 g/mol. The Morgan fingerprint density at radius 2 is 2.00 bits per heavy atom. The molecule has 3 N–H and O–H groups in total. The number of nitrogens with two attached hydrogens (primary N) is 1. The average molecular weight is 254 g/mol. The van der Waals surface area contributed by atoms with Gasteiger partial charge in [-0.25, -0.2) is 0 Å². The normalized spacial score (nSPS) is 10.8. The molecule has 4 heteroatoms. The number of benzene rings is 2. The number of aliphatic imine (C=N–C) groups is 1. The van der Waals surface area contributed by atoms with Gasteiger partial charge in [-0.3, -0.25) is 9.79 Å². The van der Waals surface area contributed by atoms with Gasteiger partial charge in [-0.15, -0.1) is 0 Å². The minimum absolute atomic E-state index is 0.0390. The van der Waals surface area contributed by atoms with Gasteiger partial charge in [0, 0.05) is 17.3 Å². The number of anilines is 1. The van der Waals surface area contributed by atoms with E-state index in [1.807, 2.05) is 6.07 Å². The Balaban J connectivity index is 2.29. The molecule has 2 aromatic rings. The molecule has 4 nitrogen and oxygen atoms in total. The van der Waals surface area contributed by atoms with Gasteiger partial charge in [0.1, 0.15) is 5.75 Å². The van der Waals surface area contributed by atoms with Gasteiger partial charge in [0.05, 0.1) is 11.4 Å². The summed E-state index contributed by atoms with van der Waals surface area (Å²) in [4.78, 5) is 15.4. The van der Waals surface area contributed by atoms with Crippen LogP contribution in [-0.4, -0.2) is 17.1 Å². The van der Waals surface area contributed by atoms with Crippen LogP contribution in [0.1, 0.15) is 22.8 Å². The Kier molecular flexibility index (Phi) is 3.61. The summed E-state index contributed by atoms with van der Waals surface area (Å²) in [5.74, 6) is 0.119. The predicted molar refractivity (Wildman–Crippen MR) is 76.2 cm³/mol. The largest absolute Gasteiger partial charge is 0.507 e. The summed E-state index contributed by atoms with van der Waals surface area (Å²) in [5.41, 5.74) is 7.99. The van der Waals surface area contributed by atoms with Gasteiger partial charge in [-0.1, -0.05) is 12.1 Å². The van der Waals surface area contributed by atoms with Crippen molar-refractivity contribution in [2.75, 3.05) is 5.73 Å².